The van der Waals surface area contributed by atoms with Gasteiger partial charge < -0.3 is 0 Å². The summed E-state index contributed by atoms with van der Waals surface area (Å²) in [6.07, 6.45) is 0. The molecule has 0 spiro atoms. The summed E-state index contributed by atoms with van der Waals surface area (Å²) in [5.74, 6) is -0.693. The Hall–Kier alpha value is -3.74. The van der Waals surface area contributed by atoms with Gasteiger partial charge in [0.1, 0.15) is 5.82 Å². The van der Waals surface area contributed by atoms with E-state index in [-0.39, 0.29) is 24.9 Å². The lowest BCUT2D eigenvalue weighted by Crippen LogP contribution is -2.37. The van der Waals surface area contributed by atoms with Crippen LogP contribution < -0.4 is 8.43 Å². The Morgan fingerprint density at radius 1 is 0.528 bits per heavy atom. The lowest BCUT2D eigenvalue weighted by molar-refractivity contribution is 0.583. The minimum Gasteiger partial charge on any atom is -0.280 e. The van der Waals surface area contributed by atoms with Crippen LogP contribution in [0.1, 0.15) is 0 Å². The molecule has 0 bridgehead atoms. The highest BCUT2D eigenvalue weighted by Gasteiger charge is 2.37. The van der Waals surface area contributed by atoms with E-state index in [0.29, 0.717) is 0 Å². The lowest BCUT2D eigenvalue weighted by Gasteiger charge is -2.24. The first-order valence-electron chi connectivity index (χ1n) is 10.3. The molecular formula is C24H19FN2O6S3. The molecule has 0 radical (unpaired) electrons. The van der Waals surface area contributed by atoms with Crippen LogP contribution in [0.2, 0.25) is 0 Å². The summed E-state index contributed by atoms with van der Waals surface area (Å²) in [5.41, 5.74) is -0.190. The van der Waals surface area contributed by atoms with Crippen LogP contribution in [0.25, 0.3) is 0 Å². The maximum absolute atomic E-state index is 13.5. The number of halogens is 1. The Balaban J connectivity index is 1.78. The zero-order chi connectivity index (χ0) is 26.0. The van der Waals surface area contributed by atoms with E-state index in [4.69, 9.17) is 0 Å². The molecule has 0 saturated heterocycles. The van der Waals surface area contributed by atoms with Crippen LogP contribution in [0.4, 0.5) is 15.8 Å². The van der Waals surface area contributed by atoms with Crippen LogP contribution in [-0.4, -0.2) is 25.3 Å². The summed E-state index contributed by atoms with van der Waals surface area (Å²) in [6, 6.07) is 23.0. The Morgan fingerprint density at radius 3 is 1.47 bits per heavy atom. The standard InChI is InChI=1S/C24H19FN2O6S3/c25-19-11-17-24(18-12-19)36(32,33)27(35(30,31)23-9-5-2-6-10-23)21-15-13-20(14-16-21)26-34(28,29)22-7-3-1-4-8-22/h1-18,26H. The molecule has 0 aliphatic rings. The zero-order valence-corrected chi connectivity index (χ0v) is 20.8. The molecule has 4 aromatic carbocycles. The molecule has 186 valence electrons. The summed E-state index contributed by atoms with van der Waals surface area (Å²) < 4.78 is 95.1. The van der Waals surface area contributed by atoms with Crippen LogP contribution >= 0.6 is 0 Å². The third-order valence-electron chi connectivity index (χ3n) is 4.97. The Bertz CT molecular complexity index is 1680. The average molecular weight is 547 g/mol. The van der Waals surface area contributed by atoms with Gasteiger partial charge in [-0.25, -0.2) is 29.6 Å². The van der Waals surface area contributed by atoms with Crippen molar-refractivity contribution in [2.45, 2.75) is 14.7 Å². The highest BCUT2D eigenvalue weighted by atomic mass is 32.3. The van der Waals surface area contributed by atoms with Gasteiger partial charge >= 0.3 is 0 Å². The molecule has 0 aromatic heterocycles. The van der Waals surface area contributed by atoms with Crippen molar-refractivity contribution < 1.29 is 29.6 Å². The second kappa shape index (κ2) is 9.72. The minimum absolute atomic E-state index is 0.0150. The van der Waals surface area contributed by atoms with Gasteiger partial charge in [-0.3, -0.25) is 4.72 Å². The maximum Gasteiger partial charge on any atom is 0.277 e. The minimum atomic E-state index is -4.73. The van der Waals surface area contributed by atoms with Crippen molar-refractivity contribution in [3.63, 3.8) is 0 Å². The fourth-order valence-corrected chi connectivity index (χ4v) is 8.05. The summed E-state index contributed by atoms with van der Waals surface area (Å²) >= 11 is 0. The molecule has 0 aliphatic heterocycles. The highest BCUT2D eigenvalue weighted by Crippen LogP contribution is 2.32. The van der Waals surface area contributed by atoms with Crippen LogP contribution in [0, 0.1) is 5.82 Å². The third-order valence-corrected chi connectivity index (χ3v) is 10.6. The molecule has 36 heavy (non-hydrogen) atoms. The average Bonchev–Trinajstić information content (AvgIpc) is 2.86. The first-order valence-corrected chi connectivity index (χ1v) is 14.7. The second-order valence-corrected chi connectivity index (χ2v) is 12.9. The number of nitrogens with one attached hydrogen (secondary N) is 1. The first-order chi connectivity index (χ1) is 17.0. The molecule has 12 heteroatoms. The number of nitrogens with zero attached hydrogens (tertiary/aromatic N) is 1. The van der Waals surface area contributed by atoms with Gasteiger partial charge in [0.25, 0.3) is 30.1 Å². The fourth-order valence-electron chi connectivity index (χ4n) is 3.26. The molecule has 4 rings (SSSR count). The molecule has 1 N–H and O–H groups in total. The summed E-state index contributed by atoms with van der Waals surface area (Å²) in [7, 11) is -13.3. The van der Waals surface area contributed by atoms with E-state index in [2.05, 4.69) is 4.72 Å². The lowest BCUT2D eigenvalue weighted by atomic mass is 10.3. The van der Waals surface area contributed by atoms with Crippen molar-refractivity contribution in [3.8, 4) is 0 Å². The molecular weight excluding hydrogens is 527 g/mol. The SMILES string of the molecule is O=S(=O)(Nc1ccc(N(S(=O)(=O)c2ccccc2)S(=O)(=O)c2ccc(F)cc2)cc1)c1ccccc1. The quantitative estimate of drug-likeness (QED) is 0.354. The van der Waals surface area contributed by atoms with E-state index in [1.807, 2.05) is 0 Å². The summed E-state index contributed by atoms with van der Waals surface area (Å²) in [5, 5.41) is 0. The molecule has 0 heterocycles. The van der Waals surface area contributed by atoms with Crippen LogP contribution in [0.3, 0.4) is 0 Å². The van der Waals surface area contributed by atoms with E-state index in [1.54, 1.807) is 24.3 Å². The van der Waals surface area contributed by atoms with E-state index >= 15 is 0 Å². The molecule has 0 aliphatic carbocycles. The second-order valence-electron chi connectivity index (χ2n) is 7.44. The number of rotatable bonds is 8. The predicted octanol–water partition coefficient (Wildman–Crippen LogP) is 4.21. The monoisotopic (exact) mass is 546 g/mol. The number of anilines is 2. The molecule has 0 atom stereocenters. The van der Waals surface area contributed by atoms with Crippen LogP contribution in [-0.2, 0) is 30.1 Å². The summed E-state index contributed by atoms with van der Waals surface area (Å²) in [4.78, 5) is -0.719. The predicted molar refractivity (Wildman–Crippen MR) is 133 cm³/mol. The maximum atomic E-state index is 13.5. The molecule has 8 nitrogen and oxygen atoms in total. The largest absolute Gasteiger partial charge is 0.280 e. The zero-order valence-electron chi connectivity index (χ0n) is 18.4. The fraction of sp³-hybridized carbons (Fsp3) is 0. The van der Waals surface area contributed by atoms with Gasteiger partial charge in [-0.05, 0) is 72.8 Å². The Kier molecular flexibility index (Phi) is 6.85. The first kappa shape index (κ1) is 25.4. The van der Waals surface area contributed by atoms with Gasteiger partial charge in [-0.15, -0.1) is 0 Å². The van der Waals surface area contributed by atoms with Crippen molar-refractivity contribution in [1.82, 2.24) is 0 Å². The van der Waals surface area contributed by atoms with Crippen molar-refractivity contribution in [3.05, 3.63) is 115 Å². The molecule has 0 fully saturated rings. The third kappa shape index (κ3) is 5.10. The Morgan fingerprint density at radius 2 is 0.972 bits per heavy atom. The number of sulfonamides is 3. The smallest absolute Gasteiger partial charge is 0.277 e. The van der Waals surface area contributed by atoms with Gasteiger partial charge in [0.05, 0.1) is 20.4 Å². The van der Waals surface area contributed by atoms with Crippen molar-refractivity contribution in [2.24, 2.45) is 0 Å². The highest BCUT2D eigenvalue weighted by molar-refractivity contribution is 8.10. The van der Waals surface area contributed by atoms with E-state index in [1.165, 1.54) is 48.5 Å². The van der Waals surface area contributed by atoms with Gasteiger partial charge in [0, 0.05) is 5.69 Å². The van der Waals surface area contributed by atoms with E-state index < -0.39 is 40.8 Å². The van der Waals surface area contributed by atoms with Crippen molar-refractivity contribution in [2.75, 3.05) is 8.43 Å². The number of hydrogen-bond donors (Lipinski definition) is 1. The van der Waals surface area contributed by atoms with Gasteiger partial charge in [-0.1, -0.05) is 36.4 Å². The van der Waals surface area contributed by atoms with Gasteiger partial charge in [-0.2, -0.15) is 3.71 Å². The molecule has 0 amide bonds. The molecule has 0 unspecified atom stereocenters. The molecule has 0 saturated carbocycles. The molecule has 4 aromatic rings. The van der Waals surface area contributed by atoms with E-state index in [0.717, 1.165) is 36.4 Å². The number of benzene rings is 4. The summed E-state index contributed by atoms with van der Waals surface area (Å²) in [6.45, 7) is 0. The van der Waals surface area contributed by atoms with Crippen molar-refractivity contribution >= 4 is 41.4 Å². The van der Waals surface area contributed by atoms with Crippen LogP contribution in [0.15, 0.2) is 124 Å². The van der Waals surface area contributed by atoms with E-state index in [9.17, 15) is 29.6 Å². The normalized spacial score (nSPS) is 12.1. The van der Waals surface area contributed by atoms with Gasteiger partial charge in [0.2, 0.25) is 0 Å². The van der Waals surface area contributed by atoms with Gasteiger partial charge in [0.15, 0.2) is 0 Å². The van der Waals surface area contributed by atoms with Crippen LogP contribution in [0.5, 0.6) is 0 Å². The van der Waals surface area contributed by atoms with Crippen molar-refractivity contribution in [1.29, 1.82) is 0 Å². The number of hydrogen-bond acceptors (Lipinski definition) is 6. The topological polar surface area (TPSA) is 118 Å². The Labute approximate surface area is 208 Å².